The molecule has 11 heavy (non-hydrogen) atoms. The summed E-state index contributed by atoms with van der Waals surface area (Å²) < 4.78 is 13.5. The van der Waals surface area contributed by atoms with Gasteiger partial charge in [-0.15, -0.1) is 0 Å². The fraction of sp³-hybridized carbons (Fsp3) is 0.250. The Morgan fingerprint density at radius 2 is 2.18 bits per heavy atom. The van der Waals surface area contributed by atoms with Crippen LogP contribution in [-0.2, 0) is 6.67 Å². The Hall–Kier alpha value is 0.0195. The van der Waals surface area contributed by atoms with E-state index in [2.05, 4.69) is 6.26 Å². The van der Waals surface area contributed by atoms with Crippen molar-refractivity contribution in [2.45, 2.75) is 6.67 Å². The first kappa shape index (κ1) is 9.11. The second kappa shape index (κ2) is 4.81. The minimum absolute atomic E-state index is 0.335. The third kappa shape index (κ3) is 2.51. The van der Waals surface area contributed by atoms with Crippen LogP contribution in [0.15, 0.2) is 24.3 Å². The van der Waals surface area contributed by atoms with E-state index in [1.807, 2.05) is 24.3 Å². The summed E-state index contributed by atoms with van der Waals surface area (Å²) in [5, 5.41) is 0. The van der Waals surface area contributed by atoms with Crippen LogP contribution in [0.5, 0.6) is 0 Å². The number of rotatable bonds is 3. The molecule has 0 N–H and O–H groups in total. The molecule has 0 unspecified atom stereocenters. The quantitative estimate of drug-likeness (QED) is 0.719. The van der Waals surface area contributed by atoms with Crippen LogP contribution in [0.1, 0.15) is 5.56 Å². The monoisotopic (exact) mass is 236 g/mol. The summed E-state index contributed by atoms with van der Waals surface area (Å²) in [7, 11) is 1.78. The molecule has 3 heteroatoms. The number of hydrogen-bond acceptors (Lipinski definition) is 1. The molecule has 0 fully saturated rings. The van der Waals surface area contributed by atoms with Crippen molar-refractivity contribution in [1.29, 1.82) is 0 Å². The van der Waals surface area contributed by atoms with Crippen LogP contribution in [0, 0.1) is 0 Å². The van der Waals surface area contributed by atoms with Gasteiger partial charge in [-0.1, -0.05) is 0 Å². The van der Waals surface area contributed by atoms with E-state index in [9.17, 15) is 4.39 Å². The maximum atomic E-state index is 12.3. The van der Waals surface area contributed by atoms with Crippen molar-refractivity contribution in [1.82, 2.24) is 0 Å². The molecule has 0 aliphatic rings. The molecular weight excluding hydrogens is 226 g/mol. The Morgan fingerprint density at radius 3 is 2.82 bits per heavy atom. The molecule has 60 valence electrons. The van der Waals surface area contributed by atoms with Gasteiger partial charge in [0.15, 0.2) is 0 Å². The summed E-state index contributed by atoms with van der Waals surface area (Å²) in [6, 6.07) is 7.71. The zero-order chi connectivity index (χ0) is 8.10. The standard InChI is InChI=1S/C8H9FSSe/c1-10-11-8-5-3-2-4-7(8)6-9/h2-5H,6H2,1H3. The van der Waals surface area contributed by atoms with Crippen LogP contribution >= 0.6 is 10.2 Å². The van der Waals surface area contributed by atoms with Crippen molar-refractivity contribution in [2.24, 2.45) is 0 Å². The molecular formula is C8H9FSSe. The Kier molecular flexibility index (Phi) is 3.98. The Bertz CT molecular complexity index is 227. The predicted octanol–water partition coefficient (Wildman–Crippen LogP) is 1.76. The fourth-order valence-corrected chi connectivity index (χ4v) is 3.70. The Morgan fingerprint density at radius 1 is 1.45 bits per heavy atom. The summed E-state index contributed by atoms with van der Waals surface area (Å²) in [5.74, 6) is 0. The second-order valence-corrected chi connectivity index (χ2v) is 6.56. The van der Waals surface area contributed by atoms with Gasteiger partial charge in [-0.05, 0) is 0 Å². The molecule has 0 saturated heterocycles. The third-order valence-corrected chi connectivity index (χ3v) is 4.65. The van der Waals surface area contributed by atoms with E-state index < -0.39 is 0 Å². The van der Waals surface area contributed by atoms with Gasteiger partial charge in [-0.25, -0.2) is 0 Å². The molecule has 0 nitrogen and oxygen atoms in total. The summed E-state index contributed by atoms with van der Waals surface area (Å²) in [6.45, 7) is -0.335. The van der Waals surface area contributed by atoms with E-state index in [-0.39, 0.29) is 6.67 Å². The maximum absolute atomic E-state index is 12.3. The predicted molar refractivity (Wildman–Crippen MR) is 50.2 cm³/mol. The van der Waals surface area contributed by atoms with Crippen LogP contribution < -0.4 is 4.46 Å². The third-order valence-electron chi connectivity index (χ3n) is 1.29. The summed E-state index contributed by atoms with van der Waals surface area (Å²) in [6.07, 6.45) is 2.05. The van der Waals surface area contributed by atoms with Gasteiger partial charge in [0.05, 0.1) is 0 Å². The summed E-state index contributed by atoms with van der Waals surface area (Å²) in [4.78, 5) is 0. The van der Waals surface area contributed by atoms with Crippen molar-refractivity contribution in [3.8, 4) is 0 Å². The van der Waals surface area contributed by atoms with Gasteiger partial charge >= 0.3 is 75.6 Å². The van der Waals surface area contributed by atoms with E-state index in [4.69, 9.17) is 0 Å². The molecule has 1 aromatic rings. The van der Waals surface area contributed by atoms with Gasteiger partial charge in [-0.3, -0.25) is 0 Å². The van der Waals surface area contributed by atoms with Crippen molar-refractivity contribution in [3.63, 3.8) is 0 Å². The molecule has 0 aliphatic heterocycles. The van der Waals surface area contributed by atoms with Gasteiger partial charge < -0.3 is 0 Å². The second-order valence-electron chi connectivity index (χ2n) is 1.99. The zero-order valence-electron chi connectivity index (χ0n) is 6.21. The number of halogens is 1. The average Bonchev–Trinajstić information content (AvgIpc) is 2.06. The SMILES string of the molecule is CS[Se]c1ccccc1CF. The summed E-state index contributed by atoms with van der Waals surface area (Å²) in [5.41, 5.74) is 0.849. The first-order chi connectivity index (χ1) is 5.38. The van der Waals surface area contributed by atoms with Crippen LogP contribution in [0.3, 0.4) is 0 Å². The van der Waals surface area contributed by atoms with E-state index in [1.165, 1.54) is 4.46 Å². The molecule has 0 amide bonds. The topological polar surface area (TPSA) is 0 Å². The molecule has 0 aromatic heterocycles. The van der Waals surface area contributed by atoms with Crippen LogP contribution in [0.25, 0.3) is 0 Å². The van der Waals surface area contributed by atoms with Gasteiger partial charge in [0.2, 0.25) is 0 Å². The number of benzene rings is 1. The van der Waals surface area contributed by atoms with Gasteiger partial charge in [0, 0.05) is 0 Å². The molecule has 0 spiro atoms. The van der Waals surface area contributed by atoms with Gasteiger partial charge in [0.1, 0.15) is 0 Å². The van der Waals surface area contributed by atoms with E-state index >= 15 is 0 Å². The molecule has 1 rings (SSSR count). The molecule has 0 radical (unpaired) electrons. The molecule has 0 heterocycles. The van der Waals surface area contributed by atoms with E-state index in [0.29, 0.717) is 13.8 Å². The molecule has 0 aliphatic carbocycles. The number of hydrogen-bond donors (Lipinski definition) is 0. The molecule has 0 atom stereocenters. The van der Waals surface area contributed by atoms with Crippen molar-refractivity contribution in [2.75, 3.05) is 6.26 Å². The normalized spacial score (nSPS) is 10.0. The van der Waals surface area contributed by atoms with E-state index in [1.54, 1.807) is 10.2 Å². The summed E-state index contributed by atoms with van der Waals surface area (Å²) >= 11 is 0.378. The van der Waals surface area contributed by atoms with Crippen LogP contribution in [0.2, 0.25) is 0 Å². The van der Waals surface area contributed by atoms with Crippen LogP contribution in [0.4, 0.5) is 4.39 Å². The molecule has 0 saturated carbocycles. The first-order valence-electron chi connectivity index (χ1n) is 3.23. The molecule has 0 bridgehead atoms. The van der Waals surface area contributed by atoms with Gasteiger partial charge in [-0.2, -0.15) is 0 Å². The Balaban J connectivity index is 2.83. The van der Waals surface area contributed by atoms with Crippen LogP contribution in [-0.4, -0.2) is 20.1 Å². The fourth-order valence-electron chi connectivity index (χ4n) is 0.785. The van der Waals surface area contributed by atoms with Crippen molar-refractivity contribution in [3.05, 3.63) is 29.8 Å². The first-order valence-corrected chi connectivity index (χ1v) is 7.33. The van der Waals surface area contributed by atoms with Crippen molar-refractivity contribution < 1.29 is 4.39 Å². The van der Waals surface area contributed by atoms with E-state index in [0.717, 1.165) is 5.56 Å². The Labute approximate surface area is 75.8 Å². The average molecular weight is 235 g/mol. The molecule has 1 aromatic carbocycles. The number of alkyl halides is 1. The zero-order valence-corrected chi connectivity index (χ0v) is 8.74. The van der Waals surface area contributed by atoms with Gasteiger partial charge in [0.25, 0.3) is 0 Å². The van der Waals surface area contributed by atoms with Crippen molar-refractivity contribution >= 4 is 28.5 Å². The minimum atomic E-state index is -0.335.